The van der Waals surface area contributed by atoms with Crippen LogP contribution >= 0.6 is 0 Å². The Morgan fingerprint density at radius 3 is 2.75 bits per heavy atom. The fourth-order valence-corrected chi connectivity index (χ4v) is 2.49. The summed E-state index contributed by atoms with van der Waals surface area (Å²) in [5.41, 5.74) is 2.07. The van der Waals surface area contributed by atoms with Crippen LogP contribution in [0.3, 0.4) is 0 Å². The largest absolute Gasteiger partial charge is 0.401 e. The normalized spacial score (nSPS) is 19.1. The summed E-state index contributed by atoms with van der Waals surface area (Å²) in [7, 11) is 0. The van der Waals surface area contributed by atoms with Crippen molar-refractivity contribution in [1.82, 2.24) is 4.90 Å². The molecule has 0 fully saturated rings. The molecule has 20 heavy (non-hydrogen) atoms. The first kappa shape index (κ1) is 15.3. The van der Waals surface area contributed by atoms with Gasteiger partial charge in [0.05, 0.1) is 25.9 Å². The average molecular weight is 289 g/mol. The molecule has 0 amide bonds. The van der Waals surface area contributed by atoms with E-state index in [1.165, 1.54) is 4.90 Å². The zero-order valence-corrected chi connectivity index (χ0v) is 11.1. The molecule has 1 heterocycles. The number of aliphatic hydroxyl groups is 1. The summed E-state index contributed by atoms with van der Waals surface area (Å²) in [6.07, 6.45) is -3.86. The van der Waals surface area contributed by atoms with Crippen molar-refractivity contribution in [3.8, 4) is 0 Å². The summed E-state index contributed by atoms with van der Waals surface area (Å²) in [6.45, 7) is -0.695. The van der Waals surface area contributed by atoms with E-state index >= 15 is 0 Å². The summed E-state index contributed by atoms with van der Waals surface area (Å²) < 4.78 is 43.2. The molecule has 3 nitrogen and oxygen atoms in total. The van der Waals surface area contributed by atoms with Gasteiger partial charge in [0, 0.05) is 13.1 Å². The highest BCUT2D eigenvalue weighted by Crippen LogP contribution is 2.28. The lowest BCUT2D eigenvalue weighted by Gasteiger charge is -2.31. The number of fused-ring (bicyclic) bond motifs is 1. The Morgan fingerprint density at radius 1 is 1.30 bits per heavy atom. The van der Waals surface area contributed by atoms with E-state index in [0.717, 1.165) is 17.5 Å². The zero-order valence-electron chi connectivity index (χ0n) is 11.1. The maximum atomic E-state index is 12.5. The second-order valence-electron chi connectivity index (χ2n) is 4.88. The molecule has 1 aliphatic heterocycles. The van der Waals surface area contributed by atoms with Crippen LogP contribution in [0, 0.1) is 0 Å². The summed E-state index contributed by atoms with van der Waals surface area (Å²) in [5, 5.41) is 8.91. The molecule has 0 bridgehead atoms. The maximum absolute atomic E-state index is 12.5. The molecule has 112 valence electrons. The summed E-state index contributed by atoms with van der Waals surface area (Å²) in [6, 6.07) is 7.65. The van der Waals surface area contributed by atoms with Crippen molar-refractivity contribution in [2.24, 2.45) is 0 Å². The van der Waals surface area contributed by atoms with Crippen LogP contribution < -0.4 is 0 Å². The first-order valence-corrected chi connectivity index (χ1v) is 6.59. The van der Waals surface area contributed by atoms with E-state index in [4.69, 9.17) is 9.84 Å². The Kier molecular flexibility index (Phi) is 5.01. The second kappa shape index (κ2) is 6.56. The lowest BCUT2D eigenvalue weighted by Crippen LogP contribution is -2.40. The highest BCUT2D eigenvalue weighted by atomic mass is 19.4. The van der Waals surface area contributed by atoms with Crippen LogP contribution in [0.5, 0.6) is 0 Å². The van der Waals surface area contributed by atoms with Crippen molar-refractivity contribution < 1.29 is 23.0 Å². The van der Waals surface area contributed by atoms with Crippen LogP contribution in [0.4, 0.5) is 13.2 Å². The number of hydrogen-bond acceptors (Lipinski definition) is 3. The zero-order chi connectivity index (χ0) is 14.6. The number of benzene rings is 1. The molecule has 1 unspecified atom stereocenters. The Morgan fingerprint density at radius 2 is 2.05 bits per heavy atom. The van der Waals surface area contributed by atoms with Crippen LogP contribution in [0.2, 0.25) is 0 Å². The van der Waals surface area contributed by atoms with Crippen molar-refractivity contribution in [1.29, 1.82) is 0 Å². The number of halogens is 3. The van der Waals surface area contributed by atoms with Gasteiger partial charge in [-0.2, -0.15) is 13.2 Å². The monoisotopic (exact) mass is 289 g/mol. The number of nitrogens with zero attached hydrogens (tertiary/aromatic N) is 1. The van der Waals surface area contributed by atoms with E-state index in [-0.39, 0.29) is 25.8 Å². The lowest BCUT2D eigenvalue weighted by molar-refractivity contribution is -0.151. The quantitative estimate of drug-likeness (QED) is 0.901. The van der Waals surface area contributed by atoms with Crippen molar-refractivity contribution in [2.75, 3.05) is 32.8 Å². The highest BCUT2D eigenvalue weighted by Gasteiger charge is 2.32. The third kappa shape index (κ3) is 4.19. The van der Waals surface area contributed by atoms with Crippen LogP contribution in [-0.2, 0) is 11.2 Å². The van der Waals surface area contributed by atoms with Gasteiger partial charge in [-0.3, -0.25) is 4.90 Å². The van der Waals surface area contributed by atoms with E-state index in [2.05, 4.69) is 0 Å². The average Bonchev–Trinajstić information content (AvgIpc) is 2.37. The number of hydrogen-bond donors (Lipinski definition) is 1. The lowest BCUT2D eigenvalue weighted by atomic mass is 9.97. The van der Waals surface area contributed by atoms with Crippen molar-refractivity contribution in [3.05, 3.63) is 35.4 Å². The Balaban J connectivity index is 2.07. The van der Waals surface area contributed by atoms with Crippen LogP contribution in [-0.4, -0.2) is 49.0 Å². The third-order valence-electron chi connectivity index (χ3n) is 3.34. The summed E-state index contributed by atoms with van der Waals surface area (Å²) >= 11 is 0. The van der Waals surface area contributed by atoms with Gasteiger partial charge in [-0.25, -0.2) is 0 Å². The number of aliphatic hydroxyl groups excluding tert-OH is 1. The van der Waals surface area contributed by atoms with Crippen LogP contribution in [0.15, 0.2) is 24.3 Å². The molecule has 1 aliphatic rings. The standard InChI is InChI=1S/C14H18F3NO2/c15-14(16,17)10-18(6-7-19)9-13-12-4-2-1-3-11(12)5-8-20-13/h1-4,13,19H,5-10H2. The van der Waals surface area contributed by atoms with E-state index in [1.54, 1.807) is 0 Å². The third-order valence-corrected chi connectivity index (χ3v) is 3.34. The molecule has 0 saturated carbocycles. The van der Waals surface area contributed by atoms with Crippen LogP contribution in [0.1, 0.15) is 17.2 Å². The summed E-state index contributed by atoms with van der Waals surface area (Å²) in [5.74, 6) is 0. The van der Waals surface area contributed by atoms with Gasteiger partial charge in [0.1, 0.15) is 0 Å². The highest BCUT2D eigenvalue weighted by molar-refractivity contribution is 5.31. The predicted octanol–water partition coefficient (Wildman–Crippen LogP) is 2.16. The minimum atomic E-state index is -4.27. The van der Waals surface area contributed by atoms with Gasteiger partial charge in [0.15, 0.2) is 0 Å². The van der Waals surface area contributed by atoms with Crippen molar-refractivity contribution in [2.45, 2.75) is 18.7 Å². The number of alkyl halides is 3. The fourth-order valence-electron chi connectivity index (χ4n) is 2.49. The van der Waals surface area contributed by atoms with Gasteiger partial charge in [0.25, 0.3) is 0 Å². The number of rotatable bonds is 5. The molecule has 0 spiro atoms. The Labute approximate surface area is 116 Å². The minimum absolute atomic E-state index is 0.0124. The van der Waals surface area contributed by atoms with Gasteiger partial charge in [-0.1, -0.05) is 24.3 Å². The molecule has 0 aliphatic carbocycles. The molecule has 1 aromatic rings. The predicted molar refractivity (Wildman–Crippen MR) is 68.4 cm³/mol. The van der Waals surface area contributed by atoms with E-state index in [9.17, 15) is 13.2 Å². The molecular weight excluding hydrogens is 271 g/mol. The number of ether oxygens (including phenoxy) is 1. The Bertz CT molecular complexity index is 437. The molecule has 2 rings (SSSR count). The molecule has 1 aromatic carbocycles. The molecule has 1 N–H and O–H groups in total. The molecule has 0 saturated heterocycles. The second-order valence-corrected chi connectivity index (χ2v) is 4.88. The van der Waals surface area contributed by atoms with Gasteiger partial charge in [-0.05, 0) is 17.5 Å². The molecule has 0 aromatic heterocycles. The first-order chi connectivity index (χ1) is 9.49. The molecular formula is C14H18F3NO2. The smallest absolute Gasteiger partial charge is 0.395 e. The van der Waals surface area contributed by atoms with Gasteiger partial charge in [0.2, 0.25) is 0 Å². The first-order valence-electron chi connectivity index (χ1n) is 6.59. The summed E-state index contributed by atoms with van der Waals surface area (Å²) in [4.78, 5) is 1.19. The molecule has 6 heteroatoms. The van der Waals surface area contributed by atoms with Crippen molar-refractivity contribution in [3.63, 3.8) is 0 Å². The van der Waals surface area contributed by atoms with Gasteiger partial charge >= 0.3 is 6.18 Å². The molecule has 0 radical (unpaired) electrons. The van der Waals surface area contributed by atoms with Crippen molar-refractivity contribution >= 4 is 0 Å². The SMILES string of the molecule is OCCN(CC1OCCc2ccccc21)CC(F)(F)F. The van der Waals surface area contributed by atoms with E-state index < -0.39 is 12.7 Å². The van der Waals surface area contributed by atoms with Gasteiger partial charge < -0.3 is 9.84 Å². The maximum Gasteiger partial charge on any atom is 0.401 e. The van der Waals surface area contributed by atoms with Crippen LogP contribution in [0.25, 0.3) is 0 Å². The van der Waals surface area contributed by atoms with E-state index in [0.29, 0.717) is 6.61 Å². The molecule has 1 atom stereocenters. The minimum Gasteiger partial charge on any atom is -0.395 e. The fraction of sp³-hybridized carbons (Fsp3) is 0.571. The Hall–Kier alpha value is -1.11. The van der Waals surface area contributed by atoms with E-state index in [1.807, 2.05) is 24.3 Å². The van der Waals surface area contributed by atoms with Gasteiger partial charge in [-0.15, -0.1) is 0 Å². The topological polar surface area (TPSA) is 32.7 Å².